The highest BCUT2D eigenvalue weighted by Gasteiger charge is 2.19. The van der Waals surface area contributed by atoms with Gasteiger partial charge in [-0.3, -0.25) is 9.89 Å². The average molecular weight is 424 g/mol. The predicted molar refractivity (Wildman–Crippen MR) is 117 cm³/mol. The summed E-state index contributed by atoms with van der Waals surface area (Å²) < 4.78 is 5.75. The summed E-state index contributed by atoms with van der Waals surface area (Å²) in [5.41, 5.74) is 4.92. The van der Waals surface area contributed by atoms with E-state index in [-0.39, 0.29) is 24.4 Å². The maximum atomic E-state index is 12.7. The SMILES string of the molecule is Cc1c(C(=O)Nc2ccc(C3CNCCO3)cc2)n[nH]c1-c1cccc(C#N)c1.Cl. The second-order valence-electron chi connectivity index (χ2n) is 6.90. The number of carbonyl (C=O) groups excluding carboxylic acids is 1. The number of nitriles is 1. The van der Waals surface area contributed by atoms with Gasteiger partial charge >= 0.3 is 0 Å². The zero-order valence-electron chi connectivity index (χ0n) is 16.4. The minimum Gasteiger partial charge on any atom is -0.371 e. The number of amides is 1. The zero-order chi connectivity index (χ0) is 20.2. The lowest BCUT2D eigenvalue weighted by Gasteiger charge is -2.24. The molecule has 1 atom stereocenters. The van der Waals surface area contributed by atoms with Crippen molar-refractivity contribution in [3.8, 4) is 17.3 Å². The van der Waals surface area contributed by atoms with Crippen molar-refractivity contribution in [3.05, 3.63) is 70.9 Å². The Kier molecular flexibility index (Phi) is 6.85. The van der Waals surface area contributed by atoms with Crippen molar-refractivity contribution in [2.24, 2.45) is 0 Å². The van der Waals surface area contributed by atoms with Gasteiger partial charge < -0.3 is 15.4 Å². The van der Waals surface area contributed by atoms with Crippen LogP contribution in [0.4, 0.5) is 5.69 Å². The summed E-state index contributed by atoms with van der Waals surface area (Å²) in [4.78, 5) is 12.7. The van der Waals surface area contributed by atoms with E-state index < -0.39 is 0 Å². The minimum atomic E-state index is -0.287. The third-order valence-corrected chi connectivity index (χ3v) is 4.97. The van der Waals surface area contributed by atoms with Crippen molar-refractivity contribution in [1.82, 2.24) is 15.5 Å². The molecular weight excluding hydrogens is 402 g/mol. The molecule has 8 heteroatoms. The molecule has 1 aromatic heterocycles. The highest BCUT2D eigenvalue weighted by molar-refractivity contribution is 6.04. The van der Waals surface area contributed by atoms with Crippen LogP contribution in [0.3, 0.4) is 0 Å². The first-order valence-corrected chi connectivity index (χ1v) is 9.45. The largest absolute Gasteiger partial charge is 0.371 e. The van der Waals surface area contributed by atoms with Gasteiger partial charge in [0.1, 0.15) is 0 Å². The molecule has 1 aliphatic heterocycles. The van der Waals surface area contributed by atoms with E-state index in [0.29, 0.717) is 23.6 Å². The van der Waals surface area contributed by atoms with Crippen molar-refractivity contribution >= 4 is 24.0 Å². The number of carbonyl (C=O) groups is 1. The van der Waals surface area contributed by atoms with E-state index in [1.54, 1.807) is 18.2 Å². The van der Waals surface area contributed by atoms with Crippen LogP contribution in [0.1, 0.15) is 33.3 Å². The second-order valence-corrected chi connectivity index (χ2v) is 6.90. The third kappa shape index (κ3) is 4.52. The molecule has 1 unspecified atom stereocenters. The van der Waals surface area contributed by atoms with E-state index in [4.69, 9.17) is 10.00 Å². The molecule has 7 nitrogen and oxygen atoms in total. The summed E-state index contributed by atoms with van der Waals surface area (Å²) in [5, 5.41) is 22.4. The Balaban J connectivity index is 0.00000256. The van der Waals surface area contributed by atoms with Crippen molar-refractivity contribution in [1.29, 1.82) is 5.26 Å². The molecule has 0 radical (unpaired) electrons. The number of nitrogens with zero attached hydrogens (tertiary/aromatic N) is 2. The predicted octanol–water partition coefficient (Wildman–Crippen LogP) is 3.59. The van der Waals surface area contributed by atoms with Gasteiger partial charge in [0.25, 0.3) is 5.91 Å². The molecule has 0 aliphatic carbocycles. The van der Waals surface area contributed by atoms with Crippen molar-refractivity contribution in [2.45, 2.75) is 13.0 Å². The van der Waals surface area contributed by atoms with Crippen LogP contribution in [0.5, 0.6) is 0 Å². The molecule has 3 aromatic rings. The monoisotopic (exact) mass is 423 g/mol. The summed E-state index contributed by atoms with van der Waals surface area (Å²) in [5.74, 6) is -0.287. The van der Waals surface area contributed by atoms with E-state index in [9.17, 15) is 4.79 Å². The topological polar surface area (TPSA) is 103 Å². The van der Waals surface area contributed by atoms with Crippen LogP contribution in [-0.4, -0.2) is 35.8 Å². The molecule has 30 heavy (non-hydrogen) atoms. The molecule has 154 valence electrons. The molecule has 1 aliphatic rings. The molecule has 1 saturated heterocycles. The molecule has 2 heterocycles. The van der Waals surface area contributed by atoms with E-state index in [2.05, 4.69) is 26.9 Å². The van der Waals surface area contributed by atoms with E-state index in [0.717, 1.165) is 35.5 Å². The number of rotatable bonds is 4. The smallest absolute Gasteiger partial charge is 0.276 e. The van der Waals surface area contributed by atoms with Gasteiger partial charge in [-0.05, 0) is 36.8 Å². The summed E-state index contributed by atoms with van der Waals surface area (Å²) >= 11 is 0. The van der Waals surface area contributed by atoms with Crippen LogP contribution in [-0.2, 0) is 4.74 Å². The maximum Gasteiger partial charge on any atom is 0.276 e. The maximum absolute atomic E-state index is 12.7. The van der Waals surface area contributed by atoms with E-state index >= 15 is 0 Å². The van der Waals surface area contributed by atoms with Crippen molar-refractivity contribution in [2.75, 3.05) is 25.0 Å². The van der Waals surface area contributed by atoms with Gasteiger partial charge in [0.2, 0.25) is 0 Å². The molecule has 0 bridgehead atoms. The quantitative estimate of drug-likeness (QED) is 0.595. The van der Waals surface area contributed by atoms with Crippen LogP contribution in [0.2, 0.25) is 0 Å². The Morgan fingerprint density at radius 3 is 2.77 bits per heavy atom. The number of aromatic nitrogens is 2. The number of aromatic amines is 1. The molecule has 4 rings (SSSR count). The number of hydrogen-bond donors (Lipinski definition) is 3. The first-order valence-electron chi connectivity index (χ1n) is 9.45. The molecule has 2 aromatic carbocycles. The molecule has 1 fully saturated rings. The van der Waals surface area contributed by atoms with E-state index in [1.807, 2.05) is 37.3 Å². The molecule has 0 saturated carbocycles. The van der Waals surface area contributed by atoms with Gasteiger partial charge in [-0.2, -0.15) is 10.4 Å². The number of benzene rings is 2. The Hall–Kier alpha value is -3.18. The van der Waals surface area contributed by atoms with Crippen LogP contribution in [0.15, 0.2) is 48.5 Å². The molecular formula is C22H22ClN5O2. The molecule has 1 amide bonds. The zero-order valence-corrected chi connectivity index (χ0v) is 17.3. The standard InChI is InChI=1S/C22H21N5O2.ClH/c1-14-20(17-4-2-3-15(11-17)12-23)26-27-21(14)22(28)25-18-7-5-16(6-8-18)19-13-24-9-10-29-19;/h2-8,11,19,24H,9-10,13H2,1H3,(H,25,28)(H,26,27);1H. The molecule has 0 spiro atoms. The van der Waals surface area contributed by atoms with Crippen molar-refractivity contribution < 1.29 is 9.53 Å². The van der Waals surface area contributed by atoms with E-state index in [1.165, 1.54) is 0 Å². The van der Waals surface area contributed by atoms with Gasteiger partial charge in [0.05, 0.1) is 30.0 Å². The normalized spacial score (nSPS) is 15.7. The minimum absolute atomic E-state index is 0. The summed E-state index contributed by atoms with van der Waals surface area (Å²) in [7, 11) is 0. The van der Waals surface area contributed by atoms with Gasteiger partial charge in [-0.25, -0.2) is 0 Å². The van der Waals surface area contributed by atoms with Crippen molar-refractivity contribution in [3.63, 3.8) is 0 Å². The lowest BCUT2D eigenvalue weighted by molar-refractivity contribution is 0.0277. The fourth-order valence-electron chi connectivity index (χ4n) is 3.40. The van der Waals surface area contributed by atoms with Gasteiger partial charge in [-0.15, -0.1) is 12.4 Å². The second kappa shape index (κ2) is 9.55. The third-order valence-electron chi connectivity index (χ3n) is 4.97. The number of nitrogens with one attached hydrogen (secondary N) is 3. The fourth-order valence-corrected chi connectivity index (χ4v) is 3.40. The number of H-pyrrole nitrogens is 1. The average Bonchev–Trinajstić information content (AvgIpc) is 3.16. The van der Waals surface area contributed by atoms with Gasteiger partial charge in [0.15, 0.2) is 5.69 Å². The van der Waals surface area contributed by atoms with Crippen LogP contribution >= 0.6 is 12.4 Å². The first kappa shape index (κ1) is 21.5. The highest BCUT2D eigenvalue weighted by atomic mass is 35.5. The van der Waals surface area contributed by atoms with Crippen LogP contribution < -0.4 is 10.6 Å². The van der Waals surface area contributed by atoms with Gasteiger partial charge in [-0.1, -0.05) is 24.3 Å². The van der Waals surface area contributed by atoms with Gasteiger partial charge in [0, 0.05) is 29.9 Å². The fraction of sp³-hybridized carbons (Fsp3) is 0.227. The summed E-state index contributed by atoms with van der Waals surface area (Å²) in [6, 6.07) is 17.0. The summed E-state index contributed by atoms with van der Waals surface area (Å²) in [6.07, 6.45) is 0.0359. The number of ether oxygens (including phenoxy) is 1. The number of morpholine rings is 1. The first-order chi connectivity index (χ1) is 14.2. The Morgan fingerprint density at radius 1 is 1.27 bits per heavy atom. The highest BCUT2D eigenvalue weighted by Crippen LogP contribution is 2.25. The van der Waals surface area contributed by atoms with Crippen LogP contribution in [0.25, 0.3) is 11.3 Å². The summed E-state index contributed by atoms with van der Waals surface area (Å²) in [6.45, 7) is 4.19. The number of anilines is 1. The number of halogens is 1. The Bertz CT molecular complexity index is 1070. The lowest BCUT2D eigenvalue weighted by atomic mass is 10.0. The Labute approximate surface area is 180 Å². The lowest BCUT2D eigenvalue weighted by Crippen LogP contribution is -2.33. The van der Waals surface area contributed by atoms with Crippen LogP contribution in [0, 0.1) is 18.3 Å². The molecule has 3 N–H and O–H groups in total. The Morgan fingerprint density at radius 2 is 2.07 bits per heavy atom. The number of hydrogen-bond acceptors (Lipinski definition) is 5.